The van der Waals surface area contributed by atoms with Gasteiger partial charge in [-0.15, -0.1) is 11.8 Å². The van der Waals surface area contributed by atoms with Crippen molar-refractivity contribution in [2.45, 2.75) is 38.6 Å². The molecule has 0 aliphatic rings. The zero-order chi connectivity index (χ0) is 22.1. The molecule has 30 heavy (non-hydrogen) atoms. The second-order valence-corrected chi connectivity index (χ2v) is 9.05. The van der Waals surface area contributed by atoms with Crippen molar-refractivity contribution in [1.82, 2.24) is 10.2 Å². The van der Waals surface area contributed by atoms with Gasteiger partial charge in [-0.2, -0.15) is 0 Å². The van der Waals surface area contributed by atoms with Gasteiger partial charge in [0.05, 0.1) is 5.75 Å². The Kier molecular flexibility index (Phi) is 10.3. The number of hydrogen-bond acceptors (Lipinski definition) is 3. The molecule has 162 valence electrons. The average molecular weight is 488 g/mol. The molecule has 0 bridgehead atoms. The van der Waals surface area contributed by atoms with Crippen LogP contribution in [0.15, 0.2) is 42.5 Å². The van der Waals surface area contributed by atoms with Gasteiger partial charge in [0.2, 0.25) is 11.8 Å². The van der Waals surface area contributed by atoms with Gasteiger partial charge < -0.3 is 10.2 Å². The lowest BCUT2D eigenvalue weighted by molar-refractivity contribution is -0.138. The Labute approximate surface area is 197 Å². The van der Waals surface area contributed by atoms with Gasteiger partial charge in [-0.05, 0) is 43.2 Å². The molecule has 0 saturated heterocycles. The van der Waals surface area contributed by atoms with Crippen LogP contribution in [-0.2, 0) is 21.9 Å². The lowest BCUT2D eigenvalue weighted by Crippen LogP contribution is -2.48. The van der Waals surface area contributed by atoms with Gasteiger partial charge in [-0.3, -0.25) is 9.59 Å². The summed E-state index contributed by atoms with van der Waals surface area (Å²) in [7, 11) is 0. The number of rotatable bonds is 10. The molecule has 4 nitrogen and oxygen atoms in total. The highest BCUT2D eigenvalue weighted by Crippen LogP contribution is 2.27. The molecule has 2 aromatic rings. The summed E-state index contributed by atoms with van der Waals surface area (Å²) in [6.45, 7) is 4.41. The Morgan fingerprint density at radius 3 is 2.40 bits per heavy atom. The Balaban J connectivity index is 2.12. The molecule has 1 unspecified atom stereocenters. The minimum atomic E-state index is -0.650. The van der Waals surface area contributed by atoms with Crippen molar-refractivity contribution in [2.75, 3.05) is 12.3 Å². The molecule has 0 radical (unpaired) electrons. The molecule has 8 heteroatoms. The first kappa shape index (κ1) is 24.9. The van der Waals surface area contributed by atoms with E-state index in [-0.39, 0.29) is 24.1 Å². The van der Waals surface area contributed by atoms with E-state index >= 15 is 0 Å². The number of carbonyl (C=O) groups is 2. The van der Waals surface area contributed by atoms with E-state index in [0.717, 1.165) is 12.0 Å². The SMILES string of the molecule is CCCNC(=O)C(C)N(Cc1c(Cl)cccc1Cl)C(=O)CSCc1cccc(Cl)c1. The number of thioether (sulfide) groups is 1. The predicted octanol–water partition coefficient (Wildman–Crippen LogP) is 5.82. The number of hydrogen-bond donors (Lipinski definition) is 1. The molecule has 0 fully saturated rings. The van der Waals surface area contributed by atoms with Crippen molar-refractivity contribution in [3.05, 3.63) is 68.7 Å². The highest BCUT2D eigenvalue weighted by atomic mass is 35.5. The summed E-state index contributed by atoms with van der Waals surface area (Å²) in [5.74, 6) is 0.508. The molecule has 2 rings (SSSR count). The fraction of sp³-hybridized carbons (Fsp3) is 0.364. The Morgan fingerprint density at radius 1 is 1.10 bits per heavy atom. The van der Waals surface area contributed by atoms with Crippen LogP contribution in [-0.4, -0.2) is 35.1 Å². The number of nitrogens with zero attached hydrogens (tertiary/aromatic N) is 1. The molecule has 2 amide bonds. The van der Waals surface area contributed by atoms with Crippen LogP contribution in [0.1, 0.15) is 31.4 Å². The molecule has 0 aliphatic heterocycles. The van der Waals surface area contributed by atoms with Gasteiger partial charge in [-0.25, -0.2) is 0 Å². The van der Waals surface area contributed by atoms with Gasteiger partial charge >= 0.3 is 0 Å². The summed E-state index contributed by atoms with van der Waals surface area (Å²) in [6.07, 6.45) is 0.818. The molecule has 0 heterocycles. The van der Waals surface area contributed by atoms with E-state index in [4.69, 9.17) is 34.8 Å². The van der Waals surface area contributed by atoms with Gasteiger partial charge in [0, 0.05) is 39.5 Å². The second-order valence-electron chi connectivity index (χ2n) is 6.81. The summed E-state index contributed by atoms with van der Waals surface area (Å²) >= 11 is 20.1. The van der Waals surface area contributed by atoms with Crippen molar-refractivity contribution < 1.29 is 9.59 Å². The lowest BCUT2D eigenvalue weighted by atomic mass is 10.1. The Bertz CT molecular complexity index is 859. The minimum Gasteiger partial charge on any atom is -0.354 e. The van der Waals surface area contributed by atoms with Crippen LogP contribution in [0.2, 0.25) is 15.1 Å². The van der Waals surface area contributed by atoms with Crippen LogP contribution in [0.5, 0.6) is 0 Å². The van der Waals surface area contributed by atoms with Crippen LogP contribution >= 0.6 is 46.6 Å². The number of carbonyl (C=O) groups excluding carboxylic acids is 2. The molecular formula is C22H25Cl3N2O2S. The quantitative estimate of drug-likeness (QED) is 0.459. The predicted molar refractivity (Wildman–Crippen MR) is 127 cm³/mol. The fourth-order valence-corrected chi connectivity index (χ4v) is 4.39. The van der Waals surface area contributed by atoms with Crippen LogP contribution < -0.4 is 5.32 Å². The summed E-state index contributed by atoms with van der Waals surface area (Å²) < 4.78 is 0. The summed E-state index contributed by atoms with van der Waals surface area (Å²) in [5.41, 5.74) is 1.67. The van der Waals surface area contributed by atoms with Gasteiger partial charge in [0.25, 0.3) is 0 Å². The zero-order valence-corrected chi connectivity index (χ0v) is 20.0. The van der Waals surface area contributed by atoms with E-state index in [2.05, 4.69) is 5.32 Å². The van der Waals surface area contributed by atoms with Crippen LogP contribution in [0.4, 0.5) is 0 Å². The number of halogens is 3. The largest absolute Gasteiger partial charge is 0.354 e. The Morgan fingerprint density at radius 2 is 1.77 bits per heavy atom. The van der Waals surface area contributed by atoms with Crippen molar-refractivity contribution in [2.24, 2.45) is 0 Å². The summed E-state index contributed by atoms with van der Waals surface area (Å²) in [4.78, 5) is 27.1. The maximum atomic E-state index is 13.1. The molecule has 0 spiro atoms. The first-order valence-electron chi connectivity index (χ1n) is 9.65. The van der Waals surface area contributed by atoms with E-state index < -0.39 is 6.04 Å². The van der Waals surface area contributed by atoms with Crippen molar-refractivity contribution in [3.8, 4) is 0 Å². The first-order valence-corrected chi connectivity index (χ1v) is 11.9. The maximum Gasteiger partial charge on any atom is 0.242 e. The number of amides is 2. The topological polar surface area (TPSA) is 49.4 Å². The second kappa shape index (κ2) is 12.5. The highest BCUT2D eigenvalue weighted by Gasteiger charge is 2.27. The minimum absolute atomic E-state index is 0.155. The van der Waals surface area contributed by atoms with Crippen molar-refractivity contribution in [1.29, 1.82) is 0 Å². The van der Waals surface area contributed by atoms with Crippen molar-refractivity contribution >= 4 is 58.4 Å². The van der Waals surface area contributed by atoms with Gasteiger partial charge in [-0.1, -0.05) is 59.9 Å². The van der Waals surface area contributed by atoms with Crippen LogP contribution in [0, 0.1) is 0 Å². The highest BCUT2D eigenvalue weighted by molar-refractivity contribution is 7.99. The van der Waals surface area contributed by atoms with E-state index in [1.165, 1.54) is 16.7 Å². The van der Waals surface area contributed by atoms with Crippen molar-refractivity contribution in [3.63, 3.8) is 0 Å². The van der Waals surface area contributed by atoms with E-state index in [0.29, 0.717) is 32.9 Å². The summed E-state index contributed by atoms with van der Waals surface area (Å²) in [6, 6.07) is 12.1. The van der Waals surface area contributed by atoms with E-state index in [1.807, 2.05) is 31.2 Å². The van der Waals surface area contributed by atoms with Gasteiger partial charge in [0.1, 0.15) is 6.04 Å². The molecular weight excluding hydrogens is 463 g/mol. The smallest absolute Gasteiger partial charge is 0.242 e. The molecule has 0 aromatic heterocycles. The van der Waals surface area contributed by atoms with E-state index in [1.54, 1.807) is 25.1 Å². The molecule has 1 N–H and O–H groups in total. The van der Waals surface area contributed by atoms with Gasteiger partial charge in [0.15, 0.2) is 0 Å². The lowest BCUT2D eigenvalue weighted by Gasteiger charge is -2.29. The standard InChI is InChI=1S/C22H25Cl3N2O2S/c1-3-10-26-22(29)15(2)27(12-18-19(24)8-5-9-20(18)25)21(28)14-30-13-16-6-4-7-17(23)11-16/h4-9,11,15H,3,10,12-14H2,1-2H3,(H,26,29). The first-order chi connectivity index (χ1) is 14.3. The Hall–Kier alpha value is -1.40. The van der Waals surface area contributed by atoms with E-state index in [9.17, 15) is 9.59 Å². The molecule has 0 aliphatic carbocycles. The normalized spacial score (nSPS) is 11.8. The van der Waals surface area contributed by atoms with Crippen LogP contribution in [0.3, 0.4) is 0 Å². The average Bonchev–Trinajstić information content (AvgIpc) is 2.71. The van der Waals surface area contributed by atoms with Crippen LogP contribution in [0.25, 0.3) is 0 Å². The maximum absolute atomic E-state index is 13.1. The molecule has 1 atom stereocenters. The molecule has 0 saturated carbocycles. The fourth-order valence-electron chi connectivity index (χ4n) is 2.80. The third-order valence-corrected chi connectivity index (χ3v) is 6.42. The zero-order valence-electron chi connectivity index (χ0n) is 17.0. The third kappa shape index (κ3) is 7.38. The molecule has 2 aromatic carbocycles. The number of nitrogens with one attached hydrogen (secondary N) is 1. The summed E-state index contributed by atoms with van der Waals surface area (Å²) in [5, 5.41) is 4.44. The monoisotopic (exact) mass is 486 g/mol. The third-order valence-electron chi connectivity index (χ3n) is 4.49. The number of benzene rings is 2.